The van der Waals surface area contributed by atoms with Crippen molar-refractivity contribution in [3.05, 3.63) is 18.2 Å². The molecule has 2 rings (SSSR count). The van der Waals surface area contributed by atoms with E-state index in [1.54, 1.807) is 12.5 Å². The van der Waals surface area contributed by atoms with Crippen molar-refractivity contribution in [2.24, 2.45) is 7.05 Å². The quantitative estimate of drug-likeness (QED) is 0.794. The first-order valence-electron chi connectivity index (χ1n) is 5.03. The summed E-state index contributed by atoms with van der Waals surface area (Å²) in [5.74, 6) is -0.873. The molecular weight excluding hydrogens is 196 g/mol. The van der Waals surface area contributed by atoms with Gasteiger partial charge in [0, 0.05) is 7.05 Å². The van der Waals surface area contributed by atoms with Crippen LogP contribution in [0.5, 0.6) is 0 Å². The number of carbonyl (C=O) groups is 1. The lowest BCUT2D eigenvalue weighted by atomic mass is 10.0. The third-order valence-corrected chi connectivity index (χ3v) is 2.72. The average Bonchev–Trinajstić information content (AvgIpc) is 2.64. The number of rotatable bonds is 2. The van der Waals surface area contributed by atoms with Gasteiger partial charge in [0.1, 0.15) is 6.10 Å². The Morgan fingerprint density at radius 3 is 3.07 bits per heavy atom. The molecule has 0 radical (unpaired) electrons. The van der Waals surface area contributed by atoms with Gasteiger partial charge in [-0.3, -0.25) is 0 Å². The molecule has 82 valence electrons. The molecule has 1 fully saturated rings. The number of aliphatic carboxylic acids is 1. The van der Waals surface area contributed by atoms with Gasteiger partial charge in [0.25, 0.3) is 0 Å². The van der Waals surface area contributed by atoms with Crippen LogP contribution in [0.15, 0.2) is 12.5 Å². The van der Waals surface area contributed by atoms with E-state index in [2.05, 4.69) is 4.98 Å². The van der Waals surface area contributed by atoms with Gasteiger partial charge in [-0.15, -0.1) is 0 Å². The van der Waals surface area contributed by atoms with Gasteiger partial charge >= 0.3 is 5.97 Å². The molecule has 2 heterocycles. The lowest BCUT2D eigenvalue weighted by Gasteiger charge is -2.27. The zero-order chi connectivity index (χ0) is 10.8. The van der Waals surface area contributed by atoms with Gasteiger partial charge < -0.3 is 14.4 Å². The van der Waals surface area contributed by atoms with Crippen molar-refractivity contribution in [1.29, 1.82) is 0 Å². The van der Waals surface area contributed by atoms with Crippen molar-refractivity contribution < 1.29 is 14.6 Å². The number of nitrogens with zero attached hydrogens (tertiary/aromatic N) is 2. The highest BCUT2D eigenvalue weighted by molar-refractivity contribution is 5.72. The van der Waals surface area contributed by atoms with Gasteiger partial charge in [0.2, 0.25) is 0 Å². The molecule has 2 atom stereocenters. The minimum Gasteiger partial charge on any atom is -0.479 e. The maximum absolute atomic E-state index is 10.8. The second-order valence-corrected chi connectivity index (χ2v) is 3.81. The summed E-state index contributed by atoms with van der Waals surface area (Å²) in [6.07, 6.45) is 4.98. The lowest BCUT2D eigenvalue weighted by Crippen LogP contribution is -2.30. The Morgan fingerprint density at radius 2 is 2.47 bits per heavy atom. The van der Waals surface area contributed by atoms with E-state index >= 15 is 0 Å². The van der Waals surface area contributed by atoms with Crippen molar-refractivity contribution in [1.82, 2.24) is 9.55 Å². The van der Waals surface area contributed by atoms with Crippen LogP contribution in [-0.4, -0.2) is 26.7 Å². The number of hydrogen-bond donors (Lipinski definition) is 1. The summed E-state index contributed by atoms with van der Waals surface area (Å²) in [4.78, 5) is 14.8. The van der Waals surface area contributed by atoms with Crippen LogP contribution < -0.4 is 0 Å². The molecule has 1 aromatic rings. The fourth-order valence-corrected chi connectivity index (χ4v) is 1.90. The van der Waals surface area contributed by atoms with Crippen LogP contribution in [0.25, 0.3) is 0 Å². The Bertz CT molecular complexity index is 361. The highest BCUT2D eigenvalue weighted by Crippen LogP contribution is 2.30. The van der Waals surface area contributed by atoms with Crippen molar-refractivity contribution in [2.75, 3.05) is 0 Å². The number of carboxylic acids is 1. The third-order valence-electron chi connectivity index (χ3n) is 2.72. The Hall–Kier alpha value is -1.36. The normalized spacial score (nSPS) is 26.5. The summed E-state index contributed by atoms with van der Waals surface area (Å²) in [5.41, 5.74) is 0.945. The van der Waals surface area contributed by atoms with Gasteiger partial charge in [-0.05, 0) is 19.3 Å². The largest absolute Gasteiger partial charge is 0.479 e. The minimum absolute atomic E-state index is 0.132. The Balaban J connectivity index is 2.11. The lowest BCUT2D eigenvalue weighted by molar-refractivity contribution is -0.159. The summed E-state index contributed by atoms with van der Waals surface area (Å²) in [6, 6.07) is 0. The molecule has 0 aromatic carbocycles. The minimum atomic E-state index is -0.873. The molecule has 15 heavy (non-hydrogen) atoms. The van der Waals surface area contributed by atoms with E-state index in [0.717, 1.165) is 18.5 Å². The van der Waals surface area contributed by atoms with Crippen LogP contribution in [0, 0.1) is 0 Å². The first-order valence-corrected chi connectivity index (χ1v) is 5.03. The molecule has 1 aromatic heterocycles. The maximum atomic E-state index is 10.8. The van der Waals surface area contributed by atoms with Crippen LogP contribution in [0.1, 0.15) is 31.1 Å². The molecule has 5 heteroatoms. The summed E-state index contributed by atoms with van der Waals surface area (Å²) in [5, 5.41) is 8.88. The van der Waals surface area contributed by atoms with Crippen LogP contribution in [0.2, 0.25) is 0 Å². The smallest absolute Gasteiger partial charge is 0.332 e. The topological polar surface area (TPSA) is 64.4 Å². The Labute approximate surface area is 87.7 Å². The van der Waals surface area contributed by atoms with E-state index in [1.165, 1.54) is 0 Å². The van der Waals surface area contributed by atoms with Crippen LogP contribution >= 0.6 is 0 Å². The fourth-order valence-electron chi connectivity index (χ4n) is 1.90. The molecule has 0 spiro atoms. The zero-order valence-electron chi connectivity index (χ0n) is 8.59. The molecule has 5 nitrogen and oxygen atoms in total. The van der Waals surface area contributed by atoms with E-state index in [0.29, 0.717) is 6.42 Å². The first kappa shape index (κ1) is 10.2. The van der Waals surface area contributed by atoms with E-state index < -0.39 is 12.1 Å². The summed E-state index contributed by atoms with van der Waals surface area (Å²) >= 11 is 0. The molecular formula is C10H14N2O3. The second kappa shape index (κ2) is 4.02. The molecule has 1 aliphatic rings. The molecule has 1 saturated heterocycles. The SMILES string of the molecule is Cn1cncc1C1CCCC(C(=O)O)O1. The summed E-state index contributed by atoms with van der Waals surface area (Å²) in [7, 11) is 1.88. The van der Waals surface area contributed by atoms with E-state index in [4.69, 9.17) is 9.84 Å². The Kier molecular flexibility index (Phi) is 2.73. The molecule has 1 aliphatic heterocycles. The number of aromatic nitrogens is 2. The average molecular weight is 210 g/mol. The van der Waals surface area contributed by atoms with Crippen molar-refractivity contribution in [3.8, 4) is 0 Å². The number of aryl methyl sites for hydroxylation is 1. The maximum Gasteiger partial charge on any atom is 0.332 e. The Morgan fingerprint density at radius 1 is 1.67 bits per heavy atom. The van der Waals surface area contributed by atoms with Crippen molar-refractivity contribution >= 4 is 5.97 Å². The number of ether oxygens (including phenoxy) is 1. The standard InChI is InChI=1S/C10H14N2O3/c1-12-6-11-5-7(12)8-3-2-4-9(15-8)10(13)14/h5-6,8-9H,2-4H2,1H3,(H,13,14). The third kappa shape index (κ3) is 2.02. The predicted octanol–water partition coefficient (Wildman–Crippen LogP) is 1.11. The van der Waals surface area contributed by atoms with Gasteiger partial charge in [0.15, 0.2) is 6.10 Å². The fraction of sp³-hybridized carbons (Fsp3) is 0.600. The van der Waals surface area contributed by atoms with E-state index in [-0.39, 0.29) is 6.10 Å². The predicted molar refractivity (Wildman–Crippen MR) is 52.3 cm³/mol. The van der Waals surface area contributed by atoms with Gasteiger partial charge in [-0.25, -0.2) is 9.78 Å². The van der Waals surface area contributed by atoms with Gasteiger partial charge in [0.05, 0.1) is 18.2 Å². The molecule has 0 bridgehead atoms. The molecule has 1 N–H and O–H groups in total. The van der Waals surface area contributed by atoms with Crippen molar-refractivity contribution in [3.63, 3.8) is 0 Å². The van der Waals surface area contributed by atoms with E-state index in [1.807, 2.05) is 11.6 Å². The number of carboxylic acid groups (broad SMARTS) is 1. The summed E-state index contributed by atoms with van der Waals surface area (Å²) in [6.45, 7) is 0. The zero-order valence-corrected chi connectivity index (χ0v) is 8.59. The van der Waals surface area contributed by atoms with Crippen LogP contribution in [-0.2, 0) is 16.6 Å². The molecule has 0 saturated carbocycles. The van der Waals surface area contributed by atoms with Crippen molar-refractivity contribution in [2.45, 2.75) is 31.5 Å². The number of hydrogen-bond acceptors (Lipinski definition) is 3. The molecule has 2 unspecified atom stereocenters. The highest BCUT2D eigenvalue weighted by atomic mass is 16.5. The summed E-state index contributed by atoms with van der Waals surface area (Å²) < 4.78 is 7.38. The second-order valence-electron chi connectivity index (χ2n) is 3.81. The monoisotopic (exact) mass is 210 g/mol. The van der Waals surface area contributed by atoms with Gasteiger partial charge in [-0.2, -0.15) is 0 Å². The van der Waals surface area contributed by atoms with Crippen LogP contribution in [0.3, 0.4) is 0 Å². The van der Waals surface area contributed by atoms with Gasteiger partial charge in [-0.1, -0.05) is 0 Å². The van der Waals surface area contributed by atoms with E-state index in [9.17, 15) is 4.79 Å². The molecule has 0 aliphatic carbocycles. The van der Waals surface area contributed by atoms with Crippen LogP contribution in [0.4, 0.5) is 0 Å². The first-order chi connectivity index (χ1) is 7.18. The number of imidazole rings is 1. The highest BCUT2D eigenvalue weighted by Gasteiger charge is 2.29. The molecule has 0 amide bonds.